The Kier molecular flexibility index (Phi) is 3.80. The number of benzene rings is 1. The van der Waals surface area contributed by atoms with Gasteiger partial charge in [0.2, 0.25) is 0 Å². The van der Waals surface area contributed by atoms with Crippen LogP contribution in [0, 0.1) is 11.6 Å². The third-order valence-corrected chi connectivity index (χ3v) is 1.96. The highest BCUT2D eigenvalue weighted by Gasteiger charge is 2.09. The van der Waals surface area contributed by atoms with Crippen molar-refractivity contribution in [3.05, 3.63) is 40.4 Å². The molecule has 0 radical (unpaired) electrons. The van der Waals surface area contributed by atoms with Crippen LogP contribution in [0.15, 0.2) is 18.2 Å². The van der Waals surface area contributed by atoms with Gasteiger partial charge in [-0.15, -0.1) is 0 Å². The van der Waals surface area contributed by atoms with E-state index >= 15 is 0 Å². The second-order valence-electron chi connectivity index (χ2n) is 2.61. The van der Waals surface area contributed by atoms with Crippen LogP contribution in [-0.4, -0.2) is 13.1 Å². The first-order valence-electron chi connectivity index (χ1n) is 3.95. The fourth-order valence-corrected chi connectivity index (χ4v) is 1.08. The molecule has 0 saturated heterocycles. The highest BCUT2D eigenvalue weighted by molar-refractivity contribution is 6.30. The lowest BCUT2D eigenvalue weighted by Crippen LogP contribution is -1.95. The van der Waals surface area contributed by atoms with Crippen LogP contribution in [0.3, 0.4) is 0 Å². The molecule has 0 aliphatic heterocycles. The maximum Gasteiger partial charge on any atom is 0.330 e. The molecule has 80 valence electrons. The average Bonchev–Trinajstić information content (AvgIpc) is 2.23. The van der Waals surface area contributed by atoms with E-state index in [4.69, 9.17) is 11.6 Å². The first kappa shape index (κ1) is 11.7. The smallest absolute Gasteiger partial charge is 0.330 e. The molecule has 0 amide bonds. The first-order valence-corrected chi connectivity index (χ1v) is 4.33. The fraction of sp³-hybridized carbons (Fsp3) is 0.100. The van der Waals surface area contributed by atoms with Crippen LogP contribution in [0.4, 0.5) is 8.78 Å². The quantitative estimate of drug-likeness (QED) is 0.445. The van der Waals surface area contributed by atoms with Crippen molar-refractivity contribution in [2.45, 2.75) is 0 Å². The first-order chi connectivity index (χ1) is 7.06. The Balaban J connectivity index is 3.09. The van der Waals surface area contributed by atoms with Crippen LogP contribution < -0.4 is 0 Å². The van der Waals surface area contributed by atoms with E-state index in [-0.39, 0.29) is 10.6 Å². The third-order valence-electron chi connectivity index (χ3n) is 1.67. The number of carbonyl (C=O) groups excluding carboxylic acids is 1. The molecule has 1 rings (SSSR count). The molecule has 0 aliphatic rings. The fourth-order valence-electron chi connectivity index (χ4n) is 0.915. The number of esters is 1. The van der Waals surface area contributed by atoms with Crippen LogP contribution in [0.25, 0.3) is 6.08 Å². The molecule has 5 heteroatoms. The summed E-state index contributed by atoms with van der Waals surface area (Å²) in [5, 5.41) is -0.207. The average molecular weight is 233 g/mol. The van der Waals surface area contributed by atoms with E-state index in [9.17, 15) is 13.6 Å². The summed E-state index contributed by atoms with van der Waals surface area (Å²) in [5.74, 6) is -2.40. The number of carbonyl (C=O) groups is 1. The molecule has 0 heterocycles. The molecule has 1 aromatic rings. The highest BCUT2D eigenvalue weighted by atomic mass is 35.5. The summed E-state index contributed by atoms with van der Waals surface area (Å²) in [4.78, 5) is 10.7. The minimum absolute atomic E-state index is 0.207. The SMILES string of the molecule is COC(=O)C=Cc1c(F)ccc(Cl)c1F. The van der Waals surface area contributed by atoms with Crippen LogP contribution >= 0.6 is 11.6 Å². The van der Waals surface area contributed by atoms with Gasteiger partial charge >= 0.3 is 5.97 Å². The summed E-state index contributed by atoms with van der Waals surface area (Å²) < 4.78 is 30.6. The van der Waals surface area contributed by atoms with Gasteiger partial charge in [0.1, 0.15) is 5.82 Å². The van der Waals surface area contributed by atoms with Gasteiger partial charge in [-0.2, -0.15) is 0 Å². The number of rotatable bonds is 2. The Morgan fingerprint density at radius 3 is 2.73 bits per heavy atom. The van der Waals surface area contributed by atoms with Crippen molar-refractivity contribution in [3.8, 4) is 0 Å². The van der Waals surface area contributed by atoms with Crippen LogP contribution in [0.1, 0.15) is 5.56 Å². The lowest BCUT2D eigenvalue weighted by atomic mass is 10.2. The van der Waals surface area contributed by atoms with E-state index in [1.807, 2.05) is 0 Å². The third kappa shape index (κ3) is 2.76. The van der Waals surface area contributed by atoms with Gasteiger partial charge in [0.05, 0.1) is 12.1 Å². The minimum atomic E-state index is -0.906. The van der Waals surface area contributed by atoms with Gasteiger partial charge < -0.3 is 4.74 Å². The standard InChI is InChI=1S/C10H7ClF2O2/c1-15-9(14)5-2-6-8(12)4-3-7(11)10(6)13/h2-5H,1H3. The van der Waals surface area contributed by atoms with Crippen molar-refractivity contribution >= 4 is 23.6 Å². The second kappa shape index (κ2) is 4.89. The number of methoxy groups -OCH3 is 1. The Bertz CT molecular complexity index is 416. The van der Waals surface area contributed by atoms with Crippen molar-refractivity contribution in [2.24, 2.45) is 0 Å². The van der Waals surface area contributed by atoms with E-state index in [2.05, 4.69) is 4.74 Å². The molecule has 1 aromatic carbocycles. The largest absolute Gasteiger partial charge is 0.466 e. The van der Waals surface area contributed by atoms with Gasteiger partial charge in [0, 0.05) is 11.6 Å². The van der Waals surface area contributed by atoms with Gasteiger partial charge in [-0.3, -0.25) is 0 Å². The van der Waals surface area contributed by atoms with E-state index in [0.29, 0.717) is 0 Å². The van der Waals surface area contributed by atoms with E-state index < -0.39 is 17.6 Å². The normalized spacial score (nSPS) is 10.7. The molecule has 15 heavy (non-hydrogen) atoms. The van der Waals surface area contributed by atoms with Crippen molar-refractivity contribution in [3.63, 3.8) is 0 Å². The predicted octanol–water partition coefficient (Wildman–Crippen LogP) is 2.80. The van der Waals surface area contributed by atoms with E-state index in [1.165, 1.54) is 0 Å². The molecular weight excluding hydrogens is 226 g/mol. The van der Waals surface area contributed by atoms with Gasteiger partial charge in [-0.1, -0.05) is 11.6 Å². The maximum absolute atomic E-state index is 13.2. The van der Waals surface area contributed by atoms with E-state index in [0.717, 1.165) is 31.4 Å². The summed E-state index contributed by atoms with van der Waals surface area (Å²) in [6.07, 6.45) is 1.89. The zero-order valence-corrected chi connectivity index (χ0v) is 8.52. The van der Waals surface area contributed by atoms with Crippen LogP contribution in [-0.2, 0) is 9.53 Å². The van der Waals surface area contributed by atoms with Crippen LogP contribution in [0.5, 0.6) is 0 Å². The van der Waals surface area contributed by atoms with Gasteiger partial charge in [0.25, 0.3) is 0 Å². The van der Waals surface area contributed by atoms with Crippen LogP contribution in [0.2, 0.25) is 5.02 Å². The molecule has 2 nitrogen and oxygen atoms in total. The number of halogens is 3. The van der Waals surface area contributed by atoms with Crippen molar-refractivity contribution in [1.29, 1.82) is 0 Å². The Hall–Kier alpha value is -1.42. The molecule has 0 atom stereocenters. The lowest BCUT2D eigenvalue weighted by molar-refractivity contribution is -0.134. The van der Waals surface area contributed by atoms with Gasteiger partial charge in [-0.25, -0.2) is 13.6 Å². The summed E-state index contributed by atoms with van der Waals surface area (Å²) in [5.41, 5.74) is -0.368. The Morgan fingerprint density at radius 2 is 2.13 bits per heavy atom. The van der Waals surface area contributed by atoms with Crippen molar-refractivity contribution < 1.29 is 18.3 Å². The summed E-state index contributed by atoms with van der Waals surface area (Å²) in [6.45, 7) is 0. The van der Waals surface area contributed by atoms with Crippen molar-refractivity contribution in [1.82, 2.24) is 0 Å². The number of ether oxygens (including phenoxy) is 1. The Morgan fingerprint density at radius 1 is 1.47 bits per heavy atom. The van der Waals surface area contributed by atoms with Crippen molar-refractivity contribution in [2.75, 3.05) is 7.11 Å². The molecule has 0 N–H and O–H groups in total. The summed E-state index contributed by atoms with van der Waals surface area (Å²) in [6, 6.07) is 2.12. The molecular formula is C10H7ClF2O2. The van der Waals surface area contributed by atoms with E-state index in [1.54, 1.807) is 0 Å². The molecule has 0 spiro atoms. The summed E-state index contributed by atoms with van der Waals surface area (Å²) >= 11 is 5.44. The predicted molar refractivity (Wildman–Crippen MR) is 52.4 cm³/mol. The van der Waals surface area contributed by atoms with Gasteiger partial charge in [-0.05, 0) is 18.2 Å². The monoisotopic (exact) mass is 232 g/mol. The second-order valence-corrected chi connectivity index (χ2v) is 3.02. The molecule has 0 saturated carbocycles. The molecule has 0 bridgehead atoms. The maximum atomic E-state index is 13.2. The minimum Gasteiger partial charge on any atom is -0.466 e. The van der Waals surface area contributed by atoms with Gasteiger partial charge in [0.15, 0.2) is 5.82 Å². The number of hydrogen-bond acceptors (Lipinski definition) is 2. The zero-order chi connectivity index (χ0) is 11.4. The molecule has 0 aliphatic carbocycles. The highest BCUT2D eigenvalue weighted by Crippen LogP contribution is 2.21. The molecule has 0 unspecified atom stereocenters. The molecule has 0 aromatic heterocycles. The topological polar surface area (TPSA) is 26.3 Å². The number of hydrogen-bond donors (Lipinski definition) is 0. The lowest BCUT2D eigenvalue weighted by Gasteiger charge is -2.00. The molecule has 0 fully saturated rings. The Labute approximate surface area is 90.1 Å². The summed E-state index contributed by atoms with van der Waals surface area (Å²) in [7, 11) is 1.16. The zero-order valence-electron chi connectivity index (χ0n) is 7.76.